The van der Waals surface area contributed by atoms with Crippen molar-refractivity contribution < 1.29 is 14.4 Å². The molecule has 0 aliphatic carbocycles. The van der Waals surface area contributed by atoms with Crippen LogP contribution < -0.4 is 15.8 Å². The van der Waals surface area contributed by atoms with E-state index in [1.54, 1.807) is 23.2 Å². The Morgan fingerprint density at radius 3 is 2.67 bits per heavy atom. The monoisotopic (exact) mass is 390 g/mol. The fraction of sp³-hybridized carbons (Fsp3) is 0.188. The van der Waals surface area contributed by atoms with Gasteiger partial charge in [0.1, 0.15) is 11.6 Å². The van der Waals surface area contributed by atoms with Crippen molar-refractivity contribution in [1.82, 2.24) is 15.8 Å². The first-order chi connectivity index (χ1) is 11.6. The molecule has 1 fully saturated rings. The molecule has 124 valence electrons. The van der Waals surface area contributed by atoms with E-state index < -0.39 is 17.7 Å². The highest BCUT2D eigenvalue weighted by molar-refractivity contribution is 9.10. The number of para-hydroxylation sites is 1. The fourth-order valence-corrected chi connectivity index (χ4v) is 3.08. The number of hydrazine groups is 1. The average Bonchev–Trinajstić information content (AvgIpc) is 3.23. The number of rotatable bonds is 3. The van der Waals surface area contributed by atoms with Crippen molar-refractivity contribution in [2.24, 2.45) is 5.92 Å². The lowest BCUT2D eigenvalue weighted by atomic mass is 10.1. The molecule has 3 amide bonds. The molecule has 1 aromatic heterocycles. The van der Waals surface area contributed by atoms with Gasteiger partial charge in [-0.3, -0.25) is 25.2 Å². The van der Waals surface area contributed by atoms with Gasteiger partial charge in [-0.2, -0.15) is 0 Å². The maximum absolute atomic E-state index is 12.5. The molecule has 1 aromatic carbocycles. The minimum Gasteiger partial charge on any atom is -0.357 e. The number of carbonyl (C=O) groups excluding carboxylic acids is 3. The van der Waals surface area contributed by atoms with Gasteiger partial charge in [0.05, 0.1) is 5.69 Å². The first-order valence-corrected chi connectivity index (χ1v) is 8.16. The molecule has 1 aliphatic rings. The molecule has 1 atom stereocenters. The highest BCUT2D eigenvalue weighted by Crippen LogP contribution is 2.31. The van der Waals surface area contributed by atoms with Crippen LogP contribution in [0.3, 0.4) is 0 Å². The number of nitrogens with zero attached hydrogens (tertiary/aromatic N) is 1. The third-order valence-corrected chi connectivity index (χ3v) is 4.48. The minimum atomic E-state index is -0.818. The van der Waals surface area contributed by atoms with E-state index in [1.165, 1.54) is 0 Å². The molecule has 24 heavy (non-hydrogen) atoms. The number of aromatic nitrogens is 1. The molecular weight excluding hydrogens is 376 g/mol. The van der Waals surface area contributed by atoms with Gasteiger partial charge in [0.15, 0.2) is 0 Å². The van der Waals surface area contributed by atoms with Crippen molar-refractivity contribution in [3.05, 3.63) is 52.8 Å². The van der Waals surface area contributed by atoms with Gasteiger partial charge in [-0.05, 0) is 46.6 Å². The number of aromatic amines is 1. The van der Waals surface area contributed by atoms with Crippen LogP contribution >= 0.6 is 15.9 Å². The zero-order chi connectivity index (χ0) is 17.1. The van der Waals surface area contributed by atoms with Crippen LogP contribution in [0.15, 0.2) is 47.1 Å². The van der Waals surface area contributed by atoms with E-state index in [2.05, 4.69) is 31.8 Å². The smallest absolute Gasteiger partial charge is 0.286 e. The van der Waals surface area contributed by atoms with Crippen molar-refractivity contribution in [3.63, 3.8) is 0 Å². The van der Waals surface area contributed by atoms with Crippen LogP contribution in [0.1, 0.15) is 16.9 Å². The maximum atomic E-state index is 12.5. The molecule has 3 N–H and O–H groups in total. The molecule has 1 aliphatic heterocycles. The fourth-order valence-electron chi connectivity index (χ4n) is 2.58. The topological polar surface area (TPSA) is 94.3 Å². The number of nitrogens with one attached hydrogen (secondary N) is 3. The highest BCUT2D eigenvalue weighted by Gasteiger charge is 2.38. The minimum absolute atomic E-state index is 0.284. The molecule has 0 spiro atoms. The van der Waals surface area contributed by atoms with E-state index in [0.717, 1.165) is 10.2 Å². The standard InChI is InChI=1S/C16H15BrN4O3/c17-11-4-1-2-6-13(11)21-9-7-10(16(21)24)14(22)19-20-15(23)12-5-3-8-18-12/h1-6,8,10,18H,7,9H2,(H,19,22)(H,20,23). The largest absolute Gasteiger partial charge is 0.357 e. The summed E-state index contributed by atoms with van der Waals surface area (Å²) >= 11 is 3.41. The number of H-pyrrole nitrogens is 1. The van der Waals surface area contributed by atoms with E-state index in [-0.39, 0.29) is 5.91 Å². The first kappa shape index (κ1) is 16.3. The van der Waals surface area contributed by atoms with E-state index in [0.29, 0.717) is 18.7 Å². The molecular formula is C16H15BrN4O3. The third kappa shape index (κ3) is 3.18. The summed E-state index contributed by atoms with van der Waals surface area (Å²) in [5.74, 6) is -2.09. The second-order valence-corrected chi connectivity index (χ2v) is 6.16. The van der Waals surface area contributed by atoms with E-state index in [9.17, 15) is 14.4 Å². The van der Waals surface area contributed by atoms with Gasteiger partial charge in [0.2, 0.25) is 5.91 Å². The van der Waals surface area contributed by atoms with Crippen LogP contribution in [0.4, 0.5) is 5.69 Å². The van der Waals surface area contributed by atoms with Gasteiger partial charge >= 0.3 is 0 Å². The Morgan fingerprint density at radius 1 is 1.17 bits per heavy atom. The number of halogens is 1. The van der Waals surface area contributed by atoms with Crippen LogP contribution in [0.5, 0.6) is 0 Å². The second-order valence-electron chi connectivity index (χ2n) is 5.31. The summed E-state index contributed by atoms with van der Waals surface area (Å²) in [6, 6.07) is 10.6. The van der Waals surface area contributed by atoms with E-state index >= 15 is 0 Å². The molecule has 8 heteroatoms. The van der Waals surface area contributed by atoms with Crippen LogP contribution in [0.2, 0.25) is 0 Å². The predicted octanol–water partition coefficient (Wildman–Crippen LogP) is 1.59. The Balaban J connectivity index is 1.62. The van der Waals surface area contributed by atoms with Crippen molar-refractivity contribution in [2.75, 3.05) is 11.4 Å². The normalized spacial score (nSPS) is 17.0. The lowest BCUT2D eigenvalue weighted by Crippen LogP contribution is -2.46. The second kappa shape index (κ2) is 6.88. The summed E-state index contributed by atoms with van der Waals surface area (Å²) in [6.45, 7) is 0.449. The molecule has 1 saturated heterocycles. The number of amides is 3. The molecule has 2 heterocycles. The summed E-state index contributed by atoms with van der Waals surface area (Å²) in [5.41, 5.74) is 5.66. The number of hydrogen-bond acceptors (Lipinski definition) is 3. The zero-order valence-corrected chi connectivity index (χ0v) is 14.2. The molecule has 0 bridgehead atoms. The van der Waals surface area contributed by atoms with Crippen molar-refractivity contribution in [2.45, 2.75) is 6.42 Å². The molecule has 0 saturated carbocycles. The van der Waals surface area contributed by atoms with Gasteiger partial charge in [-0.1, -0.05) is 12.1 Å². The summed E-state index contributed by atoms with van der Waals surface area (Å²) < 4.78 is 0.791. The number of carbonyl (C=O) groups is 3. The van der Waals surface area contributed by atoms with Crippen LogP contribution in [0.25, 0.3) is 0 Å². The lowest BCUT2D eigenvalue weighted by Gasteiger charge is -2.18. The molecule has 0 radical (unpaired) electrons. The summed E-state index contributed by atoms with van der Waals surface area (Å²) in [5, 5.41) is 0. The first-order valence-electron chi connectivity index (χ1n) is 7.37. The van der Waals surface area contributed by atoms with Crippen molar-refractivity contribution >= 4 is 39.3 Å². The lowest BCUT2D eigenvalue weighted by molar-refractivity contribution is -0.132. The average molecular weight is 391 g/mol. The number of hydrogen-bond donors (Lipinski definition) is 3. The third-order valence-electron chi connectivity index (χ3n) is 3.81. The van der Waals surface area contributed by atoms with Crippen molar-refractivity contribution in [3.8, 4) is 0 Å². The Morgan fingerprint density at radius 2 is 1.96 bits per heavy atom. The van der Waals surface area contributed by atoms with Crippen molar-refractivity contribution in [1.29, 1.82) is 0 Å². The molecule has 7 nitrogen and oxygen atoms in total. The van der Waals surface area contributed by atoms with E-state index in [4.69, 9.17) is 0 Å². The quantitative estimate of drug-likeness (QED) is 0.548. The maximum Gasteiger partial charge on any atom is 0.286 e. The number of anilines is 1. The Labute approximate surface area is 146 Å². The predicted molar refractivity (Wildman–Crippen MR) is 91.0 cm³/mol. The summed E-state index contributed by atoms with van der Waals surface area (Å²) in [7, 11) is 0. The summed E-state index contributed by atoms with van der Waals surface area (Å²) in [4.78, 5) is 40.8. The van der Waals surface area contributed by atoms with Gasteiger partial charge in [-0.15, -0.1) is 0 Å². The van der Waals surface area contributed by atoms with Gasteiger partial charge in [0, 0.05) is 17.2 Å². The van der Waals surface area contributed by atoms with Gasteiger partial charge < -0.3 is 9.88 Å². The molecule has 2 aromatic rings. The zero-order valence-electron chi connectivity index (χ0n) is 12.6. The highest BCUT2D eigenvalue weighted by atomic mass is 79.9. The van der Waals surface area contributed by atoms with Gasteiger partial charge in [-0.25, -0.2) is 0 Å². The van der Waals surface area contributed by atoms with E-state index in [1.807, 2.05) is 24.3 Å². The Hall–Kier alpha value is -2.61. The SMILES string of the molecule is O=C(NNC(=O)C1CCN(c2ccccc2Br)C1=O)c1ccc[nH]1. The Bertz CT molecular complexity index is 775. The van der Waals surface area contributed by atoms with Gasteiger partial charge in [0.25, 0.3) is 11.8 Å². The number of benzene rings is 1. The molecule has 3 rings (SSSR count). The van der Waals surface area contributed by atoms with Crippen LogP contribution in [0, 0.1) is 5.92 Å². The van der Waals surface area contributed by atoms with Crippen LogP contribution in [-0.2, 0) is 9.59 Å². The van der Waals surface area contributed by atoms with Crippen LogP contribution in [-0.4, -0.2) is 29.3 Å². The molecule has 1 unspecified atom stereocenters. The summed E-state index contributed by atoms with van der Waals surface area (Å²) in [6.07, 6.45) is 2.00. The Kier molecular flexibility index (Phi) is 4.66.